The molecule has 0 fully saturated rings. The predicted molar refractivity (Wildman–Crippen MR) is 66.4 cm³/mol. The monoisotopic (exact) mass is 221 g/mol. The molecule has 0 atom stereocenters. The molecule has 2 nitrogen and oxygen atoms in total. The van der Waals surface area contributed by atoms with Crippen molar-refractivity contribution in [2.75, 3.05) is 14.2 Å². The van der Waals surface area contributed by atoms with Crippen LogP contribution in [0.5, 0.6) is 11.5 Å². The van der Waals surface area contributed by atoms with Gasteiger partial charge in [-0.3, -0.25) is 0 Å². The van der Waals surface area contributed by atoms with Gasteiger partial charge in [-0.05, 0) is 24.5 Å². The van der Waals surface area contributed by atoms with E-state index in [1.807, 2.05) is 6.07 Å². The van der Waals surface area contributed by atoms with Crippen LogP contribution in [0.15, 0.2) is 6.07 Å². The van der Waals surface area contributed by atoms with Crippen molar-refractivity contribution in [2.24, 2.45) is 0 Å². The lowest BCUT2D eigenvalue weighted by molar-refractivity contribution is 0.381. The highest BCUT2D eigenvalue weighted by molar-refractivity contribution is 5.49. The summed E-state index contributed by atoms with van der Waals surface area (Å²) in [5, 5.41) is 0. The van der Waals surface area contributed by atoms with Crippen LogP contribution in [0.2, 0.25) is 0 Å². The number of hydrogen-bond acceptors (Lipinski definition) is 2. The highest BCUT2D eigenvalue weighted by atomic mass is 16.5. The van der Waals surface area contributed by atoms with Crippen LogP contribution in [-0.4, -0.2) is 14.2 Å². The lowest BCUT2D eigenvalue weighted by atomic mass is 10.0. The molecule has 16 heavy (non-hydrogen) atoms. The fraction of sp³-hybridized carbons (Fsp3) is 0.571. The van der Waals surface area contributed by atoms with Gasteiger partial charge in [0.1, 0.15) is 11.5 Å². The van der Waals surface area contributed by atoms with Gasteiger partial charge in [-0.2, -0.15) is 0 Å². The summed E-state index contributed by atoms with van der Waals surface area (Å²) in [5.41, 5.74) is 2.38. The smallest absolute Gasteiger partial charge is 0.133 e. The maximum atomic E-state index is 5.52. The zero-order chi connectivity index (χ0) is 12.0. The van der Waals surface area contributed by atoms with Gasteiger partial charge in [-0.1, -0.05) is 26.7 Å². The number of methoxy groups -OCH3 is 2. The molecular formula is C14H21O2. The van der Waals surface area contributed by atoms with Gasteiger partial charge in [-0.15, -0.1) is 0 Å². The Kier molecular flexibility index (Phi) is 5.17. The Balaban J connectivity index is 3.19. The van der Waals surface area contributed by atoms with Crippen LogP contribution in [0.3, 0.4) is 0 Å². The number of benzene rings is 1. The number of aryl methyl sites for hydroxylation is 1. The maximum Gasteiger partial charge on any atom is 0.133 e. The van der Waals surface area contributed by atoms with Gasteiger partial charge < -0.3 is 9.47 Å². The van der Waals surface area contributed by atoms with E-state index >= 15 is 0 Å². The minimum absolute atomic E-state index is 0.818. The lowest BCUT2D eigenvalue weighted by Gasteiger charge is -2.16. The second-order valence-corrected chi connectivity index (χ2v) is 3.86. The summed E-state index contributed by atoms with van der Waals surface area (Å²) in [5.74, 6) is 1.80. The van der Waals surface area contributed by atoms with Crippen LogP contribution in [0.1, 0.15) is 37.8 Å². The summed E-state index contributed by atoms with van der Waals surface area (Å²) >= 11 is 0. The maximum absolute atomic E-state index is 5.52. The molecule has 0 saturated carbocycles. The Hall–Kier alpha value is -1.18. The Bertz CT molecular complexity index is 332. The van der Waals surface area contributed by atoms with E-state index in [4.69, 9.17) is 9.47 Å². The average molecular weight is 221 g/mol. The van der Waals surface area contributed by atoms with E-state index in [9.17, 15) is 0 Å². The molecule has 0 saturated heterocycles. The molecule has 89 valence electrons. The van der Waals surface area contributed by atoms with Crippen LogP contribution >= 0.6 is 0 Å². The zero-order valence-corrected chi connectivity index (χ0v) is 10.7. The highest BCUT2D eigenvalue weighted by Crippen LogP contribution is 2.33. The highest BCUT2D eigenvalue weighted by Gasteiger charge is 2.13. The number of rotatable bonds is 6. The molecule has 0 N–H and O–H groups in total. The van der Waals surface area contributed by atoms with Gasteiger partial charge in [-0.25, -0.2) is 0 Å². The SMILES string of the molecule is CCCc1c[c]c(OC)c(CCC)c1OC. The molecule has 0 aromatic heterocycles. The fourth-order valence-corrected chi connectivity index (χ4v) is 1.97. The molecular weight excluding hydrogens is 200 g/mol. The molecule has 1 rings (SSSR count). The van der Waals surface area contributed by atoms with Gasteiger partial charge in [0.25, 0.3) is 0 Å². The van der Waals surface area contributed by atoms with Crippen molar-refractivity contribution in [3.05, 3.63) is 23.3 Å². The zero-order valence-electron chi connectivity index (χ0n) is 10.7. The topological polar surface area (TPSA) is 18.5 Å². The fourth-order valence-electron chi connectivity index (χ4n) is 1.97. The van der Waals surface area contributed by atoms with E-state index in [1.165, 1.54) is 5.56 Å². The molecule has 1 aromatic rings. The standard InChI is InChI=1S/C14H21O2/c1-5-7-11-9-10-13(15-3)12(8-6-2)14(11)16-4/h9H,5-8H2,1-4H3. The summed E-state index contributed by atoms with van der Waals surface area (Å²) in [6.45, 7) is 4.33. The summed E-state index contributed by atoms with van der Waals surface area (Å²) in [6, 6.07) is 5.18. The molecule has 2 heteroatoms. The van der Waals surface area contributed by atoms with Crippen molar-refractivity contribution < 1.29 is 9.47 Å². The van der Waals surface area contributed by atoms with E-state index in [0.717, 1.165) is 42.7 Å². The number of ether oxygens (including phenoxy) is 2. The van der Waals surface area contributed by atoms with E-state index in [-0.39, 0.29) is 0 Å². The van der Waals surface area contributed by atoms with Crippen LogP contribution in [0.4, 0.5) is 0 Å². The Labute approximate surface area is 98.6 Å². The minimum atomic E-state index is 0.818. The molecule has 1 radical (unpaired) electrons. The van der Waals surface area contributed by atoms with E-state index in [2.05, 4.69) is 19.9 Å². The minimum Gasteiger partial charge on any atom is -0.496 e. The van der Waals surface area contributed by atoms with Crippen molar-refractivity contribution >= 4 is 0 Å². The third-order valence-electron chi connectivity index (χ3n) is 2.64. The summed E-state index contributed by atoms with van der Waals surface area (Å²) in [4.78, 5) is 0. The molecule has 0 aliphatic carbocycles. The summed E-state index contributed by atoms with van der Waals surface area (Å²) in [6.07, 6.45) is 4.19. The molecule has 0 heterocycles. The first-order valence-corrected chi connectivity index (χ1v) is 5.92. The van der Waals surface area contributed by atoms with Crippen LogP contribution in [-0.2, 0) is 12.8 Å². The van der Waals surface area contributed by atoms with Crippen molar-refractivity contribution in [2.45, 2.75) is 39.5 Å². The van der Waals surface area contributed by atoms with Gasteiger partial charge >= 0.3 is 0 Å². The summed E-state index contributed by atoms with van der Waals surface area (Å²) < 4.78 is 10.9. The molecule has 1 aromatic carbocycles. The Morgan fingerprint density at radius 2 is 1.75 bits per heavy atom. The van der Waals surface area contributed by atoms with E-state index in [0.29, 0.717) is 0 Å². The first-order chi connectivity index (χ1) is 7.78. The van der Waals surface area contributed by atoms with Crippen molar-refractivity contribution in [1.82, 2.24) is 0 Å². The third-order valence-corrected chi connectivity index (χ3v) is 2.64. The second kappa shape index (κ2) is 6.41. The van der Waals surface area contributed by atoms with Crippen LogP contribution < -0.4 is 9.47 Å². The van der Waals surface area contributed by atoms with Crippen LogP contribution in [0.25, 0.3) is 0 Å². The number of hydrogen-bond donors (Lipinski definition) is 0. The molecule has 0 aliphatic rings. The normalized spacial score (nSPS) is 10.2. The molecule has 0 aliphatic heterocycles. The van der Waals surface area contributed by atoms with Gasteiger partial charge in [0.05, 0.1) is 14.2 Å². The largest absolute Gasteiger partial charge is 0.496 e. The third kappa shape index (κ3) is 2.69. The van der Waals surface area contributed by atoms with Gasteiger partial charge in [0.15, 0.2) is 0 Å². The Morgan fingerprint density at radius 1 is 1.06 bits per heavy atom. The van der Waals surface area contributed by atoms with Gasteiger partial charge in [0, 0.05) is 11.6 Å². The predicted octanol–water partition coefficient (Wildman–Crippen LogP) is 3.41. The first-order valence-electron chi connectivity index (χ1n) is 5.92. The first kappa shape index (κ1) is 12.9. The van der Waals surface area contributed by atoms with E-state index < -0.39 is 0 Å². The Morgan fingerprint density at radius 3 is 2.25 bits per heavy atom. The molecule has 0 bridgehead atoms. The summed E-state index contributed by atoms with van der Waals surface area (Å²) in [7, 11) is 3.41. The van der Waals surface area contributed by atoms with Crippen molar-refractivity contribution in [1.29, 1.82) is 0 Å². The van der Waals surface area contributed by atoms with Crippen molar-refractivity contribution in [3.8, 4) is 11.5 Å². The van der Waals surface area contributed by atoms with E-state index in [1.54, 1.807) is 14.2 Å². The van der Waals surface area contributed by atoms with Crippen molar-refractivity contribution in [3.63, 3.8) is 0 Å². The quantitative estimate of drug-likeness (QED) is 0.733. The molecule has 0 spiro atoms. The second-order valence-electron chi connectivity index (χ2n) is 3.86. The van der Waals surface area contributed by atoms with Gasteiger partial charge in [0.2, 0.25) is 0 Å². The molecule has 0 amide bonds. The van der Waals surface area contributed by atoms with Crippen LogP contribution in [0, 0.1) is 6.07 Å². The average Bonchev–Trinajstić information content (AvgIpc) is 2.30. The lowest BCUT2D eigenvalue weighted by Crippen LogP contribution is -2.01. The molecule has 0 unspecified atom stereocenters.